The van der Waals surface area contributed by atoms with Gasteiger partial charge in [0.15, 0.2) is 6.20 Å². The Morgan fingerprint density at radius 2 is 1.25 bits per heavy atom. The van der Waals surface area contributed by atoms with E-state index in [0.717, 1.165) is 5.69 Å². The Morgan fingerprint density at radius 3 is 1.97 bits per heavy atom. The summed E-state index contributed by atoms with van der Waals surface area (Å²) in [6.07, 6.45) is 5.57. The molecule has 156 valence electrons. The van der Waals surface area contributed by atoms with Crippen molar-refractivity contribution in [3.05, 3.63) is 121 Å². The fourth-order valence-electron chi connectivity index (χ4n) is 4.29. The monoisotopic (exact) mass is 413 g/mol. The van der Waals surface area contributed by atoms with Gasteiger partial charge in [-0.15, -0.1) is 6.07 Å². The van der Waals surface area contributed by atoms with Crippen molar-refractivity contribution in [3.63, 3.8) is 0 Å². The summed E-state index contributed by atoms with van der Waals surface area (Å²) in [4.78, 5) is 0. The van der Waals surface area contributed by atoms with E-state index in [2.05, 4.69) is 135 Å². The van der Waals surface area contributed by atoms with Crippen LogP contribution >= 0.6 is 0 Å². The van der Waals surface area contributed by atoms with Gasteiger partial charge in [-0.25, -0.2) is 0 Å². The molecule has 0 aliphatic carbocycles. The highest BCUT2D eigenvalue weighted by Crippen LogP contribution is 2.31. The van der Waals surface area contributed by atoms with Crippen LogP contribution in [0, 0.1) is 6.20 Å². The fraction of sp³-hybridized carbons (Fsp3) is 0.129. The maximum atomic E-state index is 3.39. The second-order valence-corrected chi connectivity index (χ2v) is 9.32. The van der Waals surface area contributed by atoms with Gasteiger partial charge in [-0.3, -0.25) is 4.57 Å². The maximum Gasteiger partial charge on any atom is 0.152 e. The normalized spacial score (nSPS) is 11.6. The lowest BCUT2D eigenvalue weighted by Crippen LogP contribution is -2.31. The van der Waals surface area contributed by atoms with Gasteiger partial charge in [0.1, 0.15) is 5.69 Å². The highest BCUT2D eigenvalue weighted by molar-refractivity contribution is 5.88. The predicted molar refractivity (Wildman–Crippen MR) is 134 cm³/mol. The molecule has 0 aliphatic heterocycles. The first-order valence-corrected chi connectivity index (χ1v) is 11.1. The summed E-state index contributed by atoms with van der Waals surface area (Å²) in [6.45, 7) is 6.83. The van der Waals surface area contributed by atoms with Crippen molar-refractivity contribution < 1.29 is 4.57 Å². The Kier molecular flexibility index (Phi) is 5.11. The molecule has 0 saturated heterocycles. The summed E-state index contributed by atoms with van der Waals surface area (Å²) in [5.74, 6) is 0. The largest absolute Gasteiger partial charge is 0.285 e. The Morgan fingerprint density at radius 1 is 0.625 bits per heavy atom. The van der Waals surface area contributed by atoms with E-state index in [9.17, 15) is 0 Å². The minimum absolute atomic E-state index is 0.0566. The molecular formula is C31H27N. The molecule has 0 amide bonds. The molecule has 0 spiro atoms. The first-order chi connectivity index (χ1) is 15.5. The Labute approximate surface area is 190 Å². The van der Waals surface area contributed by atoms with Crippen molar-refractivity contribution in [2.45, 2.75) is 26.2 Å². The van der Waals surface area contributed by atoms with Crippen LogP contribution in [0.3, 0.4) is 0 Å². The molecule has 4 aromatic carbocycles. The number of rotatable bonds is 3. The zero-order chi connectivity index (χ0) is 22.1. The van der Waals surface area contributed by atoms with E-state index in [1.165, 1.54) is 38.6 Å². The molecule has 32 heavy (non-hydrogen) atoms. The highest BCUT2D eigenvalue weighted by atomic mass is 14.9. The average Bonchev–Trinajstić information content (AvgIpc) is 2.83. The Hall–Kier alpha value is -3.71. The van der Waals surface area contributed by atoms with Crippen LogP contribution in [0.1, 0.15) is 26.3 Å². The lowest BCUT2D eigenvalue weighted by molar-refractivity contribution is -0.599. The van der Waals surface area contributed by atoms with Crippen LogP contribution in [0.15, 0.2) is 109 Å². The zero-order valence-electron chi connectivity index (χ0n) is 18.8. The minimum Gasteiger partial charge on any atom is -0.285 e. The van der Waals surface area contributed by atoms with Crippen LogP contribution in [0.2, 0.25) is 0 Å². The summed E-state index contributed by atoms with van der Waals surface area (Å²) in [7, 11) is 0. The van der Waals surface area contributed by atoms with E-state index in [-0.39, 0.29) is 5.41 Å². The molecule has 1 aromatic heterocycles. The molecule has 0 unspecified atom stereocenters. The van der Waals surface area contributed by atoms with Crippen LogP contribution in [-0.4, -0.2) is 0 Å². The summed E-state index contributed by atoms with van der Waals surface area (Å²) >= 11 is 0. The van der Waals surface area contributed by atoms with Gasteiger partial charge in [-0.2, -0.15) is 0 Å². The van der Waals surface area contributed by atoms with Crippen molar-refractivity contribution >= 4 is 10.8 Å². The molecule has 5 aromatic rings. The molecule has 0 saturated carbocycles. The molecule has 0 bridgehead atoms. The smallest absolute Gasteiger partial charge is 0.152 e. The first-order valence-electron chi connectivity index (χ1n) is 11.1. The lowest BCUT2D eigenvalue weighted by Gasteiger charge is -2.22. The van der Waals surface area contributed by atoms with Crippen LogP contribution in [0.4, 0.5) is 0 Å². The number of pyridine rings is 1. The van der Waals surface area contributed by atoms with Gasteiger partial charge in [-0.1, -0.05) is 106 Å². The van der Waals surface area contributed by atoms with E-state index >= 15 is 0 Å². The second kappa shape index (κ2) is 8.09. The van der Waals surface area contributed by atoms with Crippen LogP contribution < -0.4 is 4.57 Å². The highest BCUT2D eigenvalue weighted by Gasteiger charge is 2.18. The molecule has 1 nitrogen and oxygen atoms in total. The molecule has 1 heteroatoms. The maximum absolute atomic E-state index is 3.39. The van der Waals surface area contributed by atoms with Crippen LogP contribution in [-0.2, 0) is 5.41 Å². The molecular weight excluding hydrogens is 386 g/mol. The van der Waals surface area contributed by atoms with Gasteiger partial charge < -0.3 is 0 Å². The van der Waals surface area contributed by atoms with Gasteiger partial charge >= 0.3 is 0 Å². The molecule has 0 fully saturated rings. The van der Waals surface area contributed by atoms with Gasteiger partial charge in [0.2, 0.25) is 0 Å². The number of fused-ring (bicyclic) bond motifs is 1. The summed E-state index contributed by atoms with van der Waals surface area (Å²) in [6, 6.07) is 36.6. The van der Waals surface area contributed by atoms with Gasteiger partial charge in [-0.05, 0) is 56.1 Å². The Balaban J connectivity index is 1.56. The first kappa shape index (κ1) is 20.2. The predicted octanol–water partition coefficient (Wildman–Crippen LogP) is 7.55. The molecule has 0 radical (unpaired) electrons. The number of hydrogen-bond donors (Lipinski definition) is 0. The lowest BCUT2D eigenvalue weighted by atomic mass is 9.83. The number of hydrogen-bond acceptors (Lipinski definition) is 0. The molecule has 5 rings (SSSR count). The molecule has 1 heterocycles. The molecule has 0 atom stereocenters. The minimum atomic E-state index is 0.0566. The van der Waals surface area contributed by atoms with E-state index in [0.29, 0.717) is 0 Å². The Bertz CT molecular complexity index is 1370. The van der Waals surface area contributed by atoms with Gasteiger partial charge in [0.05, 0.1) is 6.20 Å². The SMILES string of the molecule is CC(C)(C)c1cc(-[n+]2[c-]ccc(-c3ccc(-c4ccccc4)cc3)c2)cc2ccccc12. The number of aromatic nitrogens is 1. The fourth-order valence-corrected chi connectivity index (χ4v) is 4.29. The third-order valence-corrected chi connectivity index (χ3v) is 6.00. The van der Waals surface area contributed by atoms with E-state index < -0.39 is 0 Å². The molecule has 0 N–H and O–H groups in total. The number of nitrogens with zero attached hydrogens (tertiary/aromatic N) is 1. The third kappa shape index (κ3) is 3.94. The van der Waals surface area contributed by atoms with Gasteiger partial charge in [0.25, 0.3) is 0 Å². The van der Waals surface area contributed by atoms with E-state index in [4.69, 9.17) is 0 Å². The van der Waals surface area contributed by atoms with Crippen LogP contribution in [0.5, 0.6) is 0 Å². The van der Waals surface area contributed by atoms with Crippen molar-refractivity contribution in [2.75, 3.05) is 0 Å². The van der Waals surface area contributed by atoms with Crippen molar-refractivity contribution in [1.29, 1.82) is 0 Å². The third-order valence-electron chi connectivity index (χ3n) is 6.00. The second-order valence-electron chi connectivity index (χ2n) is 9.32. The van der Waals surface area contributed by atoms with Crippen molar-refractivity contribution in [2.24, 2.45) is 0 Å². The average molecular weight is 414 g/mol. The van der Waals surface area contributed by atoms with Crippen LogP contribution in [0.25, 0.3) is 38.7 Å². The summed E-state index contributed by atoms with van der Waals surface area (Å²) in [5, 5.41) is 2.57. The van der Waals surface area contributed by atoms with Gasteiger partial charge in [0, 0.05) is 0 Å². The molecule has 0 aliphatic rings. The quantitative estimate of drug-likeness (QED) is 0.212. The van der Waals surface area contributed by atoms with E-state index in [1.54, 1.807) is 0 Å². The standard InChI is InChI=1S/C31H27N/c1-31(2,3)30-21-28(20-26-12-7-8-14-29(26)30)32-19-9-13-27(22-32)25-17-15-24(16-18-25)23-10-5-4-6-11-23/h4-18,20-22H,1-3H3. The van der Waals surface area contributed by atoms with Crippen molar-refractivity contribution in [1.82, 2.24) is 0 Å². The van der Waals surface area contributed by atoms with Crippen molar-refractivity contribution in [3.8, 4) is 27.9 Å². The summed E-state index contributed by atoms with van der Waals surface area (Å²) in [5.41, 5.74) is 7.38. The topological polar surface area (TPSA) is 3.88 Å². The van der Waals surface area contributed by atoms with E-state index in [1.807, 2.05) is 6.07 Å². The summed E-state index contributed by atoms with van der Waals surface area (Å²) < 4.78 is 2.11. The number of benzene rings is 4. The zero-order valence-corrected chi connectivity index (χ0v) is 18.8.